The number of nitrogens with zero attached hydrogens (tertiary/aromatic N) is 2. The highest BCUT2D eigenvalue weighted by molar-refractivity contribution is 5.80. The topological polar surface area (TPSA) is 6.48 Å². The Morgan fingerprint density at radius 2 is 0.523 bits per heavy atom. The predicted octanol–water partition coefficient (Wildman–Crippen LogP) is 12.0. The van der Waals surface area contributed by atoms with E-state index >= 15 is 0 Å². The molecule has 7 aromatic carbocycles. The molecule has 7 rings (SSSR count). The molecule has 0 heterocycles. The number of hydrogen-bond acceptors (Lipinski definition) is 2. The van der Waals surface area contributed by atoms with Crippen LogP contribution in [0.25, 0.3) is 22.3 Å². The minimum atomic E-state index is -0.0974. The summed E-state index contributed by atoms with van der Waals surface area (Å²) in [4.78, 5) is 4.00. The first-order valence-electron chi connectivity index (χ1n) is 16.6. The zero-order chi connectivity index (χ0) is 33.0. The van der Waals surface area contributed by atoms with Gasteiger partial charge in [0.1, 0.15) is 0 Å². The lowest BCUT2D eigenvalue weighted by atomic mass is 9.99. The third-order valence-corrected chi connectivity index (χ3v) is 7.53. The van der Waals surface area contributed by atoms with Crippen molar-refractivity contribution in [2.24, 2.45) is 0 Å². The van der Waals surface area contributed by atoms with Crippen LogP contribution in [0, 0.1) is 0 Å². The van der Waals surface area contributed by atoms with E-state index < -0.39 is 0 Å². The zero-order valence-electron chi connectivity index (χ0n) is 28.1. The molecule has 2 heteroatoms. The number of anilines is 6. The highest BCUT2D eigenvalue weighted by Crippen LogP contribution is 2.37. The van der Waals surface area contributed by atoms with Gasteiger partial charge in [-0.3, -0.25) is 0 Å². The van der Waals surface area contributed by atoms with Gasteiger partial charge in [-0.2, -0.15) is 0 Å². The van der Waals surface area contributed by atoms with Crippen molar-refractivity contribution in [1.29, 1.82) is 0 Å². The first-order chi connectivity index (χ1) is 23.5. The minimum Gasteiger partial charge on any atom is -0.311 e. The van der Waals surface area contributed by atoms with E-state index in [2.05, 4.69) is 53.4 Å². The van der Waals surface area contributed by atoms with E-state index in [0.29, 0.717) is 5.56 Å². The number of benzene rings is 7. The maximum atomic E-state index is 9.07. The summed E-state index contributed by atoms with van der Waals surface area (Å²) in [5.74, 6) is 0. The summed E-state index contributed by atoms with van der Waals surface area (Å²) >= 11 is 0. The Balaban J connectivity index is 1.22. The van der Waals surface area contributed by atoms with Crippen LogP contribution in [-0.2, 0) is 0 Å². The van der Waals surface area contributed by atoms with Crippen LogP contribution in [0.1, 0.15) is 5.48 Å². The molecule has 0 amide bonds. The first-order valence-corrected chi connectivity index (χ1v) is 14.6. The molecule has 0 aliphatic rings. The molecule has 0 spiro atoms. The average molecular weight is 569 g/mol. The quantitative estimate of drug-likeness (QED) is 0.180. The van der Waals surface area contributed by atoms with Gasteiger partial charge in [-0.15, -0.1) is 0 Å². The monoisotopic (exact) mass is 568 g/mol. The molecule has 210 valence electrons. The second-order valence-corrected chi connectivity index (χ2v) is 10.4. The fraction of sp³-hybridized carbons (Fsp3) is 0. The highest BCUT2D eigenvalue weighted by Gasteiger charge is 2.13. The van der Waals surface area contributed by atoms with Crippen LogP contribution in [0.5, 0.6) is 0 Å². The van der Waals surface area contributed by atoms with Gasteiger partial charge in [-0.1, -0.05) is 121 Å². The Bertz CT molecular complexity index is 2030. The Morgan fingerprint density at radius 1 is 0.250 bits per heavy atom. The molecule has 2 nitrogen and oxygen atoms in total. The van der Waals surface area contributed by atoms with Crippen molar-refractivity contribution >= 4 is 34.1 Å². The molecule has 0 N–H and O–H groups in total. The van der Waals surface area contributed by atoms with Crippen molar-refractivity contribution in [2.45, 2.75) is 0 Å². The van der Waals surface area contributed by atoms with Gasteiger partial charge in [-0.05, 0) is 95.0 Å². The Labute approximate surface area is 265 Å². The third kappa shape index (κ3) is 5.74. The molecule has 0 aliphatic heterocycles. The van der Waals surface area contributed by atoms with Gasteiger partial charge < -0.3 is 9.80 Å². The molecule has 0 atom stereocenters. The summed E-state index contributed by atoms with van der Waals surface area (Å²) in [6, 6.07) is 55.3. The lowest BCUT2D eigenvalue weighted by Gasteiger charge is -2.25. The van der Waals surface area contributed by atoms with Crippen LogP contribution in [0.2, 0.25) is 0 Å². The van der Waals surface area contributed by atoms with Crippen LogP contribution in [0.4, 0.5) is 34.1 Å². The van der Waals surface area contributed by atoms with E-state index in [1.165, 1.54) is 0 Å². The molecular weight excluding hydrogens is 532 g/mol. The van der Waals surface area contributed by atoms with Gasteiger partial charge >= 0.3 is 0 Å². The van der Waals surface area contributed by atoms with Crippen LogP contribution < -0.4 is 9.80 Å². The molecule has 0 saturated carbocycles. The minimum absolute atomic E-state index is 0.0816. The van der Waals surface area contributed by atoms with Crippen molar-refractivity contribution in [2.75, 3.05) is 9.80 Å². The number of hydrogen-bond donors (Lipinski definition) is 0. The second kappa shape index (κ2) is 12.6. The molecule has 0 aromatic heterocycles. The normalized spacial score (nSPS) is 12.0. The third-order valence-electron chi connectivity index (χ3n) is 7.53. The number of rotatable bonds is 8. The standard InChI is InChI=1S/C42H32N2/c1-5-13-37(14-6-1)43(38-15-7-2-8-16-38)41-29-25-35(26-30-41)33-21-23-34(24-22-33)36-27-31-42(32-28-36)44(39-17-9-3-10-18-39)40-19-11-4-12-20-40/h1-32H/i25D,26D,29D,30D. The lowest BCUT2D eigenvalue weighted by molar-refractivity contribution is 1.28. The average Bonchev–Trinajstić information content (AvgIpc) is 3.15. The highest BCUT2D eigenvalue weighted by atomic mass is 15.1. The SMILES string of the molecule is [2H]c1c([2H])c(N(c2ccccc2)c2ccccc2)c([2H])c([2H])c1-c1ccc(-c2ccc(N(c3ccccc3)c3ccccc3)cc2)cc1. The zero-order valence-corrected chi connectivity index (χ0v) is 24.1. The van der Waals surface area contributed by atoms with Crippen LogP contribution >= 0.6 is 0 Å². The molecule has 0 unspecified atom stereocenters. The van der Waals surface area contributed by atoms with E-state index in [1.807, 2.05) is 121 Å². The van der Waals surface area contributed by atoms with Crippen molar-refractivity contribution in [1.82, 2.24) is 0 Å². The summed E-state index contributed by atoms with van der Waals surface area (Å²) in [6.07, 6.45) is 0. The van der Waals surface area contributed by atoms with E-state index in [-0.39, 0.29) is 35.4 Å². The van der Waals surface area contributed by atoms with E-state index in [0.717, 1.165) is 39.6 Å². The summed E-state index contributed by atoms with van der Waals surface area (Å²) in [5, 5.41) is 0. The molecule has 0 radical (unpaired) electrons. The van der Waals surface area contributed by atoms with Crippen LogP contribution in [0.15, 0.2) is 194 Å². The summed E-state index contributed by atoms with van der Waals surface area (Å²) in [6.45, 7) is 0. The van der Waals surface area contributed by atoms with Gasteiger partial charge in [0.25, 0.3) is 0 Å². The number of para-hydroxylation sites is 4. The van der Waals surface area contributed by atoms with E-state index in [4.69, 9.17) is 5.48 Å². The van der Waals surface area contributed by atoms with E-state index in [1.54, 1.807) is 4.90 Å². The molecule has 0 aliphatic carbocycles. The largest absolute Gasteiger partial charge is 0.311 e. The Hall–Kier alpha value is -5.86. The molecular formula is C42H32N2. The fourth-order valence-electron chi connectivity index (χ4n) is 5.36. The molecule has 0 saturated heterocycles. The Morgan fingerprint density at radius 3 is 0.886 bits per heavy atom. The van der Waals surface area contributed by atoms with Crippen molar-refractivity contribution in [3.63, 3.8) is 0 Å². The molecule has 7 aromatic rings. The second-order valence-electron chi connectivity index (χ2n) is 10.4. The Kier molecular flexibility index (Phi) is 6.48. The predicted molar refractivity (Wildman–Crippen MR) is 187 cm³/mol. The van der Waals surface area contributed by atoms with Gasteiger partial charge in [0.15, 0.2) is 0 Å². The maximum absolute atomic E-state index is 9.07. The summed E-state index contributed by atoms with van der Waals surface area (Å²) in [5.41, 5.74) is 7.82. The van der Waals surface area contributed by atoms with Gasteiger partial charge in [-0.25, -0.2) is 0 Å². The van der Waals surface area contributed by atoms with Gasteiger partial charge in [0, 0.05) is 34.1 Å². The smallest absolute Gasteiger partial charge is 0.0645 e. The van der Waals surface area contributed by atoms with Crippen LogP contribution in [0.3, 0.4) is 0 Å². The van der Waals surface area contributed by atoms with Crippen molar-refractivity contribution < 1.29 is 5.48 Å². The van der Waals surface area contributed by atoms with E-state index in [9.17, 15) is 0 Å². The molecule has 0 bridgehead atoms. The van der Waals surface area contributed by atoms with Crippen molar-refractivity contribution in [3.8, 4) is 22.3 Å². The summed E-state index contributed by atoms with van der Waals surface area (Å²) < 4.78 is 36.2. The fourth-order valence-corrected chi connectivity index (χ4v) is 5.36. The lowest BCUT2D eigenvalue weighted by Crippen LogP contribution is -2.09. The van der Waals surface area contributed by atoms with Crippen LogP contribution in [-0.4, -0.2) is 0 Å². The van der Waals surface area contributed by atoms with Gasteiger partial charge in [0.05, 0.1) is 5.48 Å². The van der Waals surface area contributed by atoms with Gasteiger partial charge in [0.2, 0.25) is 0 Å². The molecule has 0 fully saturated rings. The maximum Gasteiger partial charge on any atom is 0.0645 e. The molecule has 44 heavy (non-hydrogen) atoms. The first kappa shape index (κ1) is 22.7. The summed E-state index contributed by atoms with van der Waals surface area (Å²) in [7, 11) is 0. The van der Waals surface area contributed by atoms with Crippen molar-refractivity contribution in [3.05, 3.63) is 194 Å².